The first kappa shape index (κ1) is 29.0. The Bertz CT molecular complexity index is 1360. The molecule has 0 aromatic heterocycles. The molecule has 0 saturated carbocycles. The Morgan fingerprint density at radius 1 is 0.969 bits per heavy atom. The van der Waals surface area contributed by atoms with Gasteiger partial charge in [0.1, 0.15) is 4.90 Å². The summed E-state index contributed by atoms with van der Waals surface area (Å²) in [6, 6.07) is 11.2. The number of hydrogen-bond acceptors (Lipinski definition) is 9. The summed E-state index contributed by atoms with van der Waals surface area (Å²) < 4.78 is 65.5. The van der Waals surface area contributed by atoms with E-state index in [9.17, 15) is 31.0 Å². The molecule has 2 N–H and O–H groups in total. The third-order valence-electron chi connectivity index (χ3n) is 4.14. The van der Waals surface area contributed by atoms with Gasteiger partial charge in [0.15, 0.2) is 0 Å². The van der Waals surface area contributed by atoms with Crippen molar-refractivity contribution in [2.24, 2.45) is 10.2 Å². The summed E-state index contributed by atoms with van der Waals surface area (Å²) in [5.41, 5.74) is 0.458. The topological polar surface area (TPSA) is 171 Å². The summed E-state index contributed by atoms with van der Waals surface area (Å²) in [4.78, 5) is -0.685. The quantitative estimate of drug-likeness (QED) is 0.203. The van der Waals surface area contributed by atoms with Crippen molar-refractivity contribution in [1.29, 1.82) is 0 Å². The van der Waals surface area contributed by atoms with Gasteiger partial charge in [0.25, 0.3) is 10.1 Å². The monoisotopic (exact) mass is 495 g/mol. The van der Waals surface area contributed by atoms with Crippen LogP contribution in [-0.4, -0.2) is 33.0 Å². The van der Waals surface area contributed by atoms with E-state index in [1.807, 2.05) is 0 Å². The van der Waals surface area contributed by atoms with Gasteiger partial charge in [-0.05, 0) is 46.7 Å². The second-order valence-electron chi connectivity index (χ2n) is 6.28. The fourth-order valence-corrected chi connectivity index (χ4v) is 4.00. The minimum absolute atomic E-state index is 0. The average molecular weight is 495 g/mol. The number of nitrogens with one attached hydrogen (secondary N) is 1. The normalized spacial score (nSPS) is 11.7. The van der Waals surface area contributed by atoms with Crippen LogP contribution in [0.25, 0.3) is 10.8 Å². The first-order chi connectivity index (χ1) is 14.0. The third-order valence-corrected chi connectivity index (χ3v) is 5.70. The SMILES string of the molecule is CNc1ccc2cc(S(=O)(=O)O)c(N=Nc3ccc(CS(=O)(=O)[O-])cc3)c([O-])c2c1.[Na+].[Na+]. The molecule has 0 unspecified atom stereocenters. The summed E-state index contributed by atoms with van der Waals surface area (Å²) >= 11 is 0. The van der Waals surface area contributed by atoms with Crippen molar-refractivity contribution in [1.82, 2.24) is 0 Å². The summed E-state index contributed by atoms with van der Waals surface area (Å²) in [7, 11) is -7.56. The predicted octanol–water partition coefficient (Wildman–Crippen LogP) is -3.33. The molecule has 0 aliphatic heterocycles. The predicted molar refractivity (Wildman–Crippen MR) is 107 cm³/mol. The molecular formula is C18H15N3Na2O7S2. The summed E-state index contributed by atoms with van der Waals surface area (Å²) in [5.74, 6) is -1.43. The third kappa shape index (κ3) is 7.22. The van der Waals surface area contributed by atoms with Crippen LogP contribution >= 0.6 is 0 Å². The van der Waals surface area contributed by atoms with Crippen LogP contribution in [0.1, 0.15) is 5.56 Å². The van der Waals surface area contributed by atoms with E-state index < -0.39 is 42.3 Å². The van der Waals surface area contributed by atoms with E-state index in [0.717, 1.165) is 6.07 Å². The van der Waals surface area contributed by atoms with Crippen LogP contribution in [0.5, 0.6) is 5.75 Å². The summed E-state index contributed by atoms with van der Waals surface area (Å²) in [6.45, 7) is 0. The van der Waals surface area contributed by atoms with E-state index >= 15 is 0 Å². The van der Waals surface area contributed by atoms with Crippen LogP contribution in [-0.2, 0) is 26.0 Å². The van der Waals surface area contributed by atoms with Crippen molar-refractivity contribution in [2.75, 3.05) is 12.4 Å². The van der Waals surface area contributed by atoms with E-state index in [1.54, 1.807) is 13.1 Å². The molecule has 0 radical (unpaired) electrons. The second-order valence-corrected chi connectivity index (χ2v) is 9.08. The first-order valence-electron chi connectivity index (χ1n) is 8.35. The summed E-state index contributed by atoms with van der Waals surface area (Å²) in [6.07, 6.45) is 0. The van der Waals surface area contributed by atoms with Gasteiger partial charge in [0.05, 0.1) is 27.2 Å². The molecule has 0 spiro atoms. The fourth-order valence-electron chi connectivity index (χ4n) is 2.75. The Morgan fingerprint density at radius 2 is 1.59 bits per heavy atom. The minimum atomic E-state index is -4.77. The van der Waals surface area contributed by atoms with Gasteiger partial charge in [-0.25, -0.2) is 8.42 Å². The van der Waals surface area contributed by atoms with Gasteiger partial charge in [-0.1, -0.05) is 23.9 Å². The Kier molecular flexibility index (Phi) is 10.3. The largest absolute Gasteiger partial charge is 1.00 e. The second kappa shape index (κ2) is 11.4. The number of hydrogen-bond donors (Lipinski definition) is 2. The average Bonchev–Trinajstić information content (AvgIpc) is 2.66. The van der Waals surface area contributed by atoms with Crippen molar-refractivity contribution >= 4 is 48.1 Å². The van der Waals surface area contributed by atoms with Crippen LogP contribution in [0.4, 0.5) is 17.1 Å². The van der Waals surface area contributed by atoms with Crippen LogP contribution in [0, 0.1) is 0 Å². The van der Waals surface area contributed by atoms with E-state index in [-0.39, 0.29) is 75.8 Å². The number of rotatable bonds is 6. The Labute approximate surface area is 229 Å². The van der Waals surface area contributed by atoms with Gasteiger partial charge in [-0.2, -0.15) is 13.5 Å². The van der Waals surface area contributed by atoms with Crippen molar-refractivity contribution < 1.29 is 90.2 Å². The molecule has 0 fully saturated rings. The number of azo groups is 1. The Balaban J connectivity index is 0.00000256. The molecular weight excluding hydrogens is 480 g/mol. The van der Waals surface area contributed by atoms with Crippen molar-refractivity contribution in [3.05, 3.63) is 54.1 Å². The van der Waals surface area contributed by atoms with Gasteiger partial charge in [0, 0.05) is 12.7 Å². The Hall–Kier alpha value is -1.06. The van der Waals surface area contributed by atoms with Gasteiger partial charge in [-0.15, -0.1) is 5.11 Å². The standard InChI is InChI=1S/C18H17N3O7S2.2Na/c1-19-14-7-4-12-8-16(30(26,27)28)17(18(22)15(12)9-14)21-20-13-5-2-11(3-6-13)10-29(23,24)25;;/h2-9,19,22H,10H2,1H3,(H,23,24,25)(H,26,27,28);;/q;2*+1/p-2. The molecule has 14 heteroatoms. The molecule has 158 valence electrons. The van der Waals surface area contributed by atoms with E-state index in [2.05, 4.69) is 15.5 Å². The maximum Gasteiger partial charge on any atom is 1.00 e. The molecule has 0 saturated heterocycles. The van der Waals surface area contributed by atoms with Gasteiger partial charge >= 0.3 is 59.1 Å². The minimum Gasteiger partial charge on any atom is -0.871 e. The molecule has 3 rings (SSSR count). The molecule has 3 aromatic rings. The van der Waals surface area contributed by atoms with Crippen molar-refractivity contribution in [3.8, 4) is 5.75 Å². The van der Waals surface area contributed by atoms with E-state index in [1.165, 1.54) is 36.4 Å². The van der Waals surface area contributed by atoms with E-state index in [0.29, 0.717) is 11.1 Å². The molecule has 32 heavy (non-hydrogen) atoms. The summed E-state index contributed by atoms with van der Waals surface area (Å²) in [5, 5.41) is 23.7. The number of nitrogens with zero attached hydrogens (tertiary/aromatic N) is 2. The van der Waals surface area contributed by atoms with Crippen LogP contribution in [0.2, 0.25) is 0 Å². The number of anilines is 1. The van der Waals surface area contributed by atoms with Crippen LogP contribution in [0.15, 0.2) is 63.7 Å². The van der Waals surface area contributed by atoms with Crippen LogP contribution < -0.4 is 69.5 Å². The molecule has 0 amide bonds. The molecule has 0 aliphatic rings. The number of fused-ring (bicyclic) bond motifs is 1. The zero-order valence-electron chi connectivity index (χ0n) is 17.4. The fraction of sp³-hybridized carbons (Fsp3) is 0.111. The molecule has 0 aliphatic carbocycles. The van der Waals surface area contributed by atoms with Gasteiger partial charge in [-0.3, -0.25) is 4.55 Å². The molecule has 0 atom stereocenters. The molecule has 3 aromatic carbocycles. The molecule has 0 bridgehead atoms. The van der Waals surface area contributed by atoms with Crippen molar-refractivity contribution in [2.45, 2.75) is 10.6 Å². The smallest absolute Gasteiger partial charge is 0.871 e. The molecule has 0 heterocycles. The number of benzene rings is 3. The molecule has 10 nitrogen and oxygen atoms in total. The van der Waals surface area contributed by atoms with Crippen molar-refractivity contribution in [3.63, 3.8) is 0 Å². The zero-order chi connectivity index (χ0) is 22.1. The van der Waals surface area contributed by atoms with Gasteiger partial charge in [0.2, 0.25) is 0 Å². The van der Waals surface area contributed by atoms with Crippen LogP contribution in [0.3, 0.4) is 0 Å². The first-order valence-corrected chi connectivity index (χ1v) is 11.4. The van der Waals surface area contributed by atoms with Gasteiger partial charge < -0.3 is 15.0 Å². The van der Waals surface area contributed by atoms with E-state index in [4.69, 9.17) is 0 Å². The maximum absolute atomic E-state index is 12.8. The maximum atomic E-state index is 12.8. The zero-order valence-corrected chi connectivity index (χ0v) is 23.1. The Morgan fingerprint density at radius 3 is 2.12 bits per heavy atom.